The maximum Gasteiger partial charge on any atom is 0.335 e. The molecule has 2 rings (SSSR count). The Morgan fingerprint density at radius 1 is 1.16 bits per heavy atom. The van der Waals surface area contributed by atoms with E-state index in [9.17, 15) is 4.79 Å². The molecule has 0 spiro atoms. The Hall–Kier alpha value is -2.35. The number of allylic oxidation sites excluding steroid dienone is 7. The van der Waals surface area contributed by atoms with Crippen molar-refractivity contribution in [1.29, 1.82) is 0 Å². The van der Waals surface area contributed by atoms with Crippen LogP contribution in [0.1, 0.15) is 62.9 Å². The van der Waals surface area contributed by atoms with Gasteiger partial charge in [0.15, 0.2) is 0 Å². The number of benzene rings is 1. The third-order valence-electron chi connectivity index (χ3n) is 4.86. The fraction of sp³-hybridized carbons (Fsp3) is 0.348. The number of hydrogen-bond acceptors (Lipinski definition) is 1. The maximum atomic E-state index is 10.9. The van der Waals surface area contributed by atoms with Gasteiger partial charge in [-0.3, -0.25) is 0 Å². The molecule has 0 saturated carbocycles. The zero-order valence-electron chi connectivity index (χ0n) is 15.7. The van der Waals surface area contributed by atoms with Gasteiger partial charge in [0, 0.05) is 0 Å². The molecule has 0 saturated heterocycles. The molecule has 25 heavy (non-hydrogen) atoms. The molecule has 0 fully saturated rings. The summed E-state index contributed by atoms with van der Waals surface area (Å²) in [5.41, 5.74) is 5.70. The molecule has 1 aromatic rings. The van der Waals surface area contributed by atoms with Gasteiger partial charge < -0.3 is 5.11 Å². The quantitative estimate of drug-likeness (QED) is 0.629. The molecule has 0 heterocycles. The molecule has 2 heteroatoms. The second kappa shape index (κ2) is 8.15. The van der Waals surface area contributed by atoms with Crippen LogP contribution in [0.3, 0.4) is 0 Å². The molecule has 0 unspecified atom stereocenters. The lowest BCUT2D eigenvalue weighted by Crippen LogP contribution is -2.18. The largest absolute Gasteiger partial charge is 0.478 e. The highest BCUT2D eigenvalue weighted by atomic mass is 16.4. The van der Waals surface area contributed by atoms with Crippen LogP contribution in [-0.4, -0.2) is 11.1 Å². The van der Waals surface area contributed by atoms with Crippen molar-refractivity contribution in [2.45, 2.75) is 47.0 Å². The fourth-order valence-corrected chi connectivity index (χ4v) is 3.33. The minimum atomic E-state index is -0.896. The molecule has 1 aromatic carbocycles. The number of rotatable bonds is 5. The smallest absolute Gasteiger partial charge is 0.335 e. The molecule has 132 valence electrons. The van der Waals surface area contributed by atoms with Gasteiger partial charge in [-0.1, -0.05) is 67.5 Å². The van der Waals surface area contributed by atoms with Crippen LogP contribution in [0.4, 0.5) is 0 Å². The zero-order valence-corrected chi connectivity index (χ0v) is 15.7. The van der Waals surface area contributed by atoms with E-state index in [-0.39, 0.29) is 5.41 Å². The highest BCUT2D eigenvalue weighted by Crippen LogP contribution is 2.40. The summed E-state index contributed by atoms with van der Waals surface area (Å²) in [7, 11) is 0. The first-order valence-electron chi connectivity index (χ1n) is 8.86. The van der Waals surface area contributed by atoms with E-state index >= 15 is 0 Å². The van der Waals surface area contributed by atoms with Crippen molar-refractivity contribution in [2.75, 3.05) is 0 Å². The summed E-state index contributed by atoms with van der Waals surface area (Å²) < 4.78 is 0. The standard InChI is InChI=1S/C23H28O2/c1-17(10-11-19-12-14-20(15-13-19)22(24)25)7-5-9-21-18(2)8-6-16-23(21,3)4/h5,7,9-15H,6,8,16H2,1-4H3,(H,24,25)/b9-5?,11-10+,17-7+. The van der Waals surface area contributed by atoms with E-state index in [4.69, 9.17) is 5.11 Å². The first-order valence-corrected chi connectivity index (χ1v) is 8.86. The Bertz CT molecular complexity index is 741. The molecule has 1 N–H and O–H groups in total. The fourth-order valence-electron chi connectivity index (χ4n) is 3.33. The summed E-state index contributed by atoms with van der Waals surface area (Å²) in [5, 5.41) is 8.92. The van der Waals surface area contributed by atoms with Crippen molar-refractivity contribution >= 4 is 12.0 Å². The van der Waals surface area contributed by atoms with Crippen molar-refractivity contribution in [1.82, 2.24) is 0 Å². The van der Waals surface area contributed by atoms with E-state index in [1.165, 1.54) is 30.4 Å². The number of hydrogen-bond donors (Lipinski definition) is 1. The summed E-state index contributed by atoms with van der Waals surface area (Å²) in [6.45, 7) is 8.97. The highest BCUT2D eigenvalue weighted by molar-refractivity contribution is 5.87. The second-order valence-electron chi connectivity index (χ2n) is 7.46. The summed E-state index contributed by atoms with van der Waals surface area (Å²) in [6, 6.07) is 6.90. The number of aromatic carboxylic acids is 1. The van der Waals surface area contributed by atoms with Crippen LogP contribution in [0.15, 0.2) is 65.3 Å². The van der Waals surface area contributed by atoms with Gasteiger partial charge in [-0.05, 0) is 61.8 Å². The SMILES string of the molecule is CC1=C(C=C/C=C(C)/C=C/c2ccc(C(=O)O)cc2)C(C)(C)CCC1. The van der Waals surface area contributed by atoms with Gasteiger partial charge >= 0.3 is 5.97 Å². The molecule has 0 amide bonds. The van der Waals surface area contributed by atoms with Gasteiger partial charge in [-0.15, -0.1) is 0 Å². The predicted molar refractivity (Wildman–Crippen MR) is 106 cm³/mol. The third kappa shape index (κ3) is 5.32. The van der Waals surface area contributed by atoms with Crippen LogP contribution in [0.5, 0.6) is 0 Å². The van der Waals surface area contributed by atoms with E-state index in [1.807, 2.05) is 24.3 Å². The first-order chi connectivity index (χ1) is 11.8. The molecular weight excluding hydrogens is 308 g/mol. The van der Waals surface area contributed by atoms with Gasteiger partial charge in [0.1, 0.15) is 0 Å². The van der Waals surface area contributed by atoms with E-state index in [2.05, 4.69) is 45.9 Å². The lowest BCUT2D eigenvalue weighted by molar-refractivity contribution is 0.0697. The molecule has 0 aromatic heterocycles. The molecule has 1 aliphatic rings. The Kier molecular flexibility index (Phi) is 6.19. The molecule has 0 aliphatic heterocycles. The van der Waals surface area contributed by atoms with E-state index < -0.39 is 5.97 Å². The average molecular weight is 336 g/mol. The van der Waals surface area contributed by atoms with Gasteiger partial charge in [0.05, 0.1) is 5.56 Å². The van der Waals surface area contributed by atoms with Crippen molar-refractivity contribution < 1.29 is 9.90 Å². The molecule has 2 nitrogen and oxygen atoms in total. The van der Waals surface area contributed by atoms with Gasteiger partial charge in [-0.2, -0.15) is 0 Å². The van der Waals surface area contributed by atoms with Gasteiger partial charge in [-0.25, -0.2) is 4.79 Å². The summed E-state index contributed by atoms with van der Waals surface area (Å²) >= 11 is 0. The molecule has 0 atom stereocenters. The lowest BCUT2D eigenvalue weighted by atomic mass is 9.72. The van der Waals surface area contributed by atoms with Crippen molar-refractivity contribution in [3.05, 3.63) is 76.4 Å². The molecule has 0 radical (unpaired) electrons. The van der Waals surface area contributed by atoms with Crippen LogP contribution in [0.2, 0.25) is 0 Å². The van der Waals surface area contributed by atoms with Crippen LogP contribution in [0.25, 0.3) is 6.08 Å². The molecule has 1 aliphatic carbocycles. The highest BCUT2D eigenvalue weighted by Gasteiger charge is 2.26. The topological polar surface area (TPSA) is 37.3 Å². The normalized spacial score (nSPS) is 18.3. The zero-order chi connectivity index (χ0) is 18.4. The van der Waals surface area contributed by atoms with Crippen LogP contribution in [0, 0.1) is 5.41 Å². The van der Waals surface area contributed by atoms with E-state index in [0.717, 1.165) is 11.1 Å². The van der Waals surface area contributed by atoms with Crippen LogP contribution < -0.4 is 0 Å². The Morgan fingerprint density at radius 3 is 2.44 bits per heavy atom. The van der Waals surface area contributed by atoms with E-state index in [0.29, 0.717) is 5.56 Å². The molecule has 0 bridgehead atoms. The summed E-state index contributed by atoms with van der Waals surface area (Å²) in [6.07, 6.45) is 14.3. The van der Waals surface area contributed by atoms with Crippen LogP contribution in [-0.2, 0) is 0 Å². The molecular formula is C23H28O2. The Balaban J connectivity index is 2.05. The minimum absolute atomic E-state index is 0.266. The van der Waals surface area contributed by atoms with Gasteiger partial charge in [0.2, 0.25) is 0 Å². The number of carbonyl (C=O) groups is 1. The predicted octanol–water partition coefficient (Wildman–Crippen LogP) is 6.43. The van der Waals surface area contributed by atoms with Crippen molar-refractivity contribution in [3.8, 4) is 0 Å². The maximum absolute atomic E-state index is 10.9. The Labute approximate surface area is 151 Å². The Morgan fingerprint density at radius 2 is 1.84 bits per heavy atom. The summed E-state index contributed by atoms with van der Waals surface area (Å²) in [5.74, 6) is -0.896. The lowest BCUT2D eigenvalue weighted by Gasteiger charge is -2.32. The minimum Gasteiger partial charge on any atom is -0.478 e. The van der Waals surface area contributed by atoms with Crippen LogP contribution >= 0.6 is 0 Å². The third-order valence-corrected chi connectivity index (χ3v) is 4.86. The first kappa shape index (κ1) is 19.0. The van der Waals surface area contributed by atoms with Crippen molar-refractivity contribution in [3.63, 3.8) is 0 Å². The van der Waals surface area contributed by atoms with Crippen molar-refractivity contribution in [2.24, 2.45) is 5.41 Å². The summed E-state index contributed by atoms with van der Waals surface area (Å²) in [4.78, 5) is 10.9. The second-order valence-corrected chi connectivity index (χ2v) is 7.46. The average Bonchev–Trinajstić information content (AvgIpc) is 2.55. The van der Waals surface area contributed by atoms with E-state index in [1.54, 1.807) is 12.1 Å². The van der Waals surface area contributed by atoms with Gasteiger partial charge in [0.25, 0.3) is 0 Å². The number of carboxylic acid groups (broad SMARTS) is 1. The number of carboxylic acids is 1. The monoisotopic (exact) mass is 336 g/mol.